The second-order valence-electron chi connectivity index (χ2n) is 10.6. The maximum atomic E-state index is 14.6. The van der Waals surface area contributed by atoms with Crippen molar-refractivity contribution in [3.05, 3.63) is 87.2 Å². The molecule has 3 aromatic carbocycles. The van der Waals surface area contributed by atoms with Gasteiger partial charge in [-0.05, 0) is 79.8 Å². The molecule has 1 amide bonds. The Morgan fingerprint density at radius 1 is 0.875 bits per heavy atom. The highest BCUT2D eigenvalue weighted by Crippen LogP contribution is 2.36. The Balaban J connectivity index is 1.28. The number of hydrogen-bond acceptors (Lipinski definition) is 5. The zero-order chi connectivity index (χ0) is 28.6. The Labute approximate surface area is 245 Å². The number of carbonyl (C=O) groups excluding carboxylic acids is 1. The van der Waals surface area contributed by atoms with E-state index >= 15 is 0 Å². The molecular formula is C30H32Cl2FN3O3S. The van der Waals surface area contributed by atoms with Crippen LogP contribution in [0.3, 0.4) is 0 Å². The number of halogens is 3. The summed E-state index contributed by atoms with van der Waals surface area (Å²) in [5.41, 5.74) is 4.27. The predicted molar refractivity (Wildman–Crippen MR) is 159 cm³/mol. The first kappa shape index (κ1) is 28.7. The predicted octanol–water partition coefficient (Wildman–Crippen LogP) is 6.85. The van der Waals surface area contributed by atoms with Crippen molar-refractivity contribution in [1.82, 2.24) is 4.90 Å². The quantitative estimate of drug-likeness (QED) is 0.326. The summed E-state index contributed by atoms with van der Waals surface area (Å²) >= 11 is 12.8. The molecule has 2 aliphatic rings. The van der Waals surface area contributed by atoms with Gasteiger partial charge in [-0.3, -0.25) is 4.79 Å². The molecule has 0 saturated carbocycles. The van der Waals surface area contributed by atoms with Crippen LogP contribution in [0.25, 0.3) is 0 Å². The molecule has 2 saturated heterocycles. The molecule has 0 bridgehead atoms. The lowest BCUT2D eigenvalue weighted by atomic mass is 9.90. The second kappa shape index (κ2) is 11.6. The second-order valence-corrected chi connectivity index (χ2v) is 13.3. The molecular weight excluding hydrogens is 572 g/mol. The summed E-state index contributed by atoms with van der Waals surface area (Å²) in [6, 6.07) is 15.4. The van der Waals surface area contributed by atoms with Crippen LogP contribution in [-0.4, -0.2) is 57.8 Å². The highest BCUT2D eigenvalue weighted by molar-refractivity contribution is 8.06. The number of amides is 1. The van der Waals surface area contributed by atoms with E-state index in [2.05, 4.69) is 4.90 Å². The molecule has 2 fully saturated rings. The zero-order valence-corrected chi connectivity index (χ0v) is 24.9. The number of nitrogens with zero attached hydrogens (tertiary/aromatic N) is 3. The molecule has 2 aliphatic heterocycles. The van der Waals surface area contributed by atoms with Crippen LogP contribution in [0, 0.1) is 19.7 Å². The monoisotopic (exact) mass is 603 g/mol. The minimum absolute atomic E-state index is 0.0115. The summed E-state index contributed by atoms with van der Waals surface area (Å²) in [6.45, 7) is 6.72. The lowest BCUT2D eigenvalue weighted by Crippen LogP contribution is -2.50. The Morgan fingerprint density at radius 2 is 1.62 bits per heavy atom. The molecule has 6 nitrogen and oxygen atoms in total. The largest absolute Gasteiger partial charge is 0.369 e. The van der Waals surface area contributed by atoms with Crippen LogP contribution in [-0.2, 0) is 9.84 Å². The van der Waals surface area contributed by atoms with E-state index in [9.17, 15) is 17.6 Å². The fourth-order valence-corrected chi connectivity index (χ4v) is 7.46. The number of aryl methyl sites for hydroxylation is 2. The van der Waals surface area contributed by atoms with Gasteiger partial charge in [-0.15, -0.1) is 0 Å². The Kier molecular flexibility index (Phi) is 8.32. The smallest absolute Gasteiger partial charge is 0.343 e. The van der Waals surface area contributed by atoms with Gasteiger partial charge in [0, 0.05) is 60.9 Å². The van der Waals surface area contributed by atoms with Crippen LogP contribution in [0.15, 0.2) is 59.5 Å². The summed E-state index contributed by atoms with van der Waals surface area (Å²) in [7, 11) is -4.27. The van der Waals surface area contributed by atoms with Gasteiger partial charge in [-0.25, -0.2) is 12.8 Å². The van der Waals surface area contributed by atoms with Gasteiger partial charge in [0.05, 0.1) is 10.6 Å². The van der Waals surface area contributed by atoms with Crippen LogP contribution in [0.2, 0.25) is 10.0 Å². The lowest BCUT2D eigenvalue weighted by molar-refractivity contribution is 0.217. The highest BCUT2D eigenvalue weighted by Gasteiger charge is 2.34. The van der Waals surface area contributed by atoms with Crippen molar-refractivity contribution in [2.24, 2.45) is 0 Å². The molecule has 5 rings (SSSR count). The van der Waals surface area contributed by atoms with E-state index in [0.717, 1.165) is 41.8 Å². The first-order chi connectivity index (χ1) is 19.0. The molecule has 0 spiro atoms. The van der Waals surface area contributed by atoms with Crippen molar-refractivity contribution in [2.45, 2.75) is 37.5 Å². The van der Waals surface area contributed by atoms with E-state index in [0.29, 0.717) is 35.4 Å². The Morgan fingerprint density at radius 3 is 2.33 bits per heavy atom. The number of sulfone groups is 1. The Bertz CT molecular complexity index is 1540. The fraction of sp³-hybridized carbons (Fsp3) is 0.367. The van der Waals surface area contributed by atoms with Gasteiger partial charge >= 0.3 is 5.24 Å². The number of rotatable bonds is 4. The number of carbonyl (C=O) groups is 1. The van der Waals surface area contributed by atoms with Crippen molar-refractivity contribution in [3.63, 3.8) is 0 Å². The summed E-state index contributed by atoms with van der Waals surface area (Å²) in [5.74, 6) is -0.243. The van der Waals surface area contributed by atoms with E-state index in [-0.39, 0.29) is 29.7 Å². The molecule has 2 heterocycles. The van der Waals surface area contributed by atoms with E-state index in [4.69, 9.17) is 23.2 Å². The molecule has 1 atom stereocenters. The van der Waals surface area contributed by atoms with Gasteiger partial charge in [0.1, 0.15) is 5.82 Å². The van der Waals surface area contributed by atoms with Gasteiger partial charge in [0.2, 0.25) is 0 Å². The summed E-state index contributed by atoms with van der Waals surface area (Å²) in [5, 5.41) is 0.00841. The van der Waals surface area contributed by atoms with Crippen LogP contribution in [0.5, 0.6) is 0 Å². The lowest BCUT2D eigenvalue weighted by Gasteiger charge is -2.36. The maximum Gasteiger partial charge on any atom is 0.343 e. The molecule has 3 aromatic rings. The first-order valence-electron chi connectivity index (χ1n) is 13.4. The molecule has 10 heteroatoms. The topological polar surface area (TPSA) is 60.9 Å². The first-order valence-corrected chi connectivity index (χ1v) is 15.6. The maximum absolute atomic E-state index is 14.6. The minimum Gasteiger partial charge on any atom is -0.369 e. The summed E-state index contributed by atoms with van der Waals surface area (Å²) in [4.78, 5) is 18.5. The number of piperazine rings is 1. The zero-order valence-electron chi connectivity index (χ0n) is 22.5. The van der Waals surface area contributed by atoms with Crippen LogP contribution >= 0.6 is 23.2 Å². The van der Waals surface area contributed by atoms with Crippen molar-refractivity contribution < 1.29 is 17.6 Å². The SMILES string of the molecule is Cc1ccc(N2CCCC(c3ccc(S(=O)(=O)C(=O)N4CCN(c5cc(Cl)ccc5C)CC4)cc3Cl)C2)c(F)c1. The van der Waals surface area contributed by atoms with Crippen molar-refractivity contribution >= 4 is 49.7 Å². The van der Waals surface area contributed by atoms with Gasteiger partial charge in [0.25, 0.3) is 9.84 Å². The standard InChI is InChI=1S/C30H32Cl2FN3O3S/c1-20-5-10-28(27(33)16-20)36-11-3-4-22(19-36)25-9-8-24(18-26(25)32)40(38,39)30(37)35-14-12-34(13-15-35)29-17-23(31)7-6-21(29)2/h5-10,16-18,22H,3-4,11-15,19H2,1-2H3. The van der Waals surface area contributed by atoms with Gasteiger partial charge in [-0.1, -0.05) is 41.4 Å². The van der Waals surface area contributed by atoms with Gasteiger partial charge in [-0.2, -0.15) is 0 Å². The highest BCUT2D eigenvalue weighted by atomic mass is 35.5. The Hall–Kier alpha value is -2.81. The van der Waals surface area contributed by atoms with E-state index in [1.54, 1.807) is 12.1 Å². The van der Waals surface area contributed by atoms with Crippen LogP contribution in [0.4, 0.5) is 20.6 Å². The number of anilines is 2. The number of piperidine rings is 1. The molecule has 40 heavy (non-hydrogen) atoms. The molecule has 0 aromatic heterocycles. The number of benzene rings is 3. The molecule has 0 N–H and O–H groups in total. The van der Waals surface area contributed by atoms with E-state index in [1.165, 1.54) is 23.1 Å². The minimum atomic E-state index is -4.27. The van der Waals surface area contributed by atoms with Crippen molar-refractivity contribution in [2.75, 3.05) is 49.1 Å². The van der Waals surface area contributed by atoms with Gasteiger partial charge < -0.3 is 14.7 Å². The van der Waals surface area contributed by atoms with Crippen molar-refractivity contribution in [3.8, 4) is 0 Å². The number of hydrogen-bond donors (Lipinski definition) is 0. The summed E-state index contributed by atoms with van der Waals surface area (Å²) < 4.78 is 41.2. The van der Waals surface area contributed by atoms with E-state index in [1.807, 2.05) is 43.0 Å². The van der Waals surface area contributed by atoms with Crippen LogP contribution < -0.4 is 9.80 Å². The third-order valence-electron chi connectivity index (χ3n) is 7.87. The average Bonchev–Trinajstić information content (AvgIpc) is 2.94. The third kappa shape index (κ3) is 5.80. The van der Waals surface area contributed by atoms with Gasteiger partial charge in [0.15, 0.2) is 0 Å². The van der Waals surface area contributed by atoms with E-state index < -0.39 is 15.1 Å². The molecule has 0 radical (unpaired) electrons. The fourth-order valence-electron chi connectivity index (χ4n) is 5.65. The van der Waals surface area contributed by atoms with Crippen LogP contribution in [0.1, 0.15) is 35.4 Å². The average molecular weight is 605 g/mol. The molecule has 1 unspecified atom stereocenters. The molecule has 212 valence electrons. The molecule has 0 aliphatic carbocycles. The summed E-state index contributed by atoms with van der Waals surface area (Å²) in [6.07, 6.45) is 1.71. The third-order valence-corrected chi connectivity index (χ3v) is 10.0. The normalized spacial score (nSPS) is 18.2. The van der Waals surface area contributed by atoms with Crippen molar-refractivity contribution in [1.29, 1.82) is 0 Å².